The first-order valence-electron chi connectivity index (χ1n) is 8.37. The van der Waals surface area contributed by atoms with Gasteiger partial charge in [0.15, 0.2) is 0 Å². The number of nitrogens with zero attached hydrogens (tertiary/aromatic N) is 2. The molecule has 0 amide bonds. The van der Waals surface area contributed by atoms with Gasteiger partial charge in [-0.25, -0.2) is 0 Å². The van der Waals surface area contributed by atoms with Gasteiger partial charge < -0.3 is 4.90 Å². The van der Waals surface area contributed by atoms with Crippen LogP contribution in [0.15, 0.2) is 48.5 Å². The molecule has 4 rings (SSSR count). The lowest BCUT2D eigenvalue weighted by Crippen LogP contribution is -2.34. The van der Waals surface area contributed by atoms with Crippen LogP contribution in [0, 0.1) is 0 Å². The highest BCUT2D eigenvalue weighted by Crippen LogP contribution is 2.30. The van der Waals surface area contributed by atoms with Gasteiger partial charge in [0, 0.05) is 25.3 Å². The van der Waals surface area contributed by atoms with E-state index in [0.29, 0.717) is 12.2 Å². The fraction of sp³-hybridized carbons (Fsp3) is 0.333. The van der Waals surface area contributed by atoms with Gasteiger partial charge >= 0.3 is 10.2 Å². The Balaban J connectivity index is 1.52. The van der Waals surface area contributed by atoms with Gasteiger partial charge in [-0.05, 0) is 55.2 Å². The third-order valence-corrected chi connectivity index (χ3v) is 6.17. The van der Waals surface area contributed by atoms with Crippen molar-refractivity contribution >= 4 is 27.3 Å². The number of rotatable bonds is 4. The first-order valence-corrected chi connectivity index (χ1v) is 9.81. The summed E-state index contributed by atoms with van der Waals surface area (Å²) in [5.41, 5.74) is 3.61. The third-order valence-electron chi connectivity index (χ3n) is 4.72. The molecule has 0 aromatic heterocycles. The van der Waals surface area contributed by atoms with Crippen LogP contribution < -0.4 is 13.9 Å². The van der Waals surface area contributed by atoms with Gasteiger partial charge in [-0.3, -0.25) is 9.03 Å². The summed E-state index contributed by atoms with van der Waals surface area (Å²) in [7, 11) is -3.59. The van der Waals surface area contributed by atoms with Crippen LogP contribution in [0.4, 0.5) is 17.1 Å². The molecule has 5 nitrogen and oxygen atoms in total. The second kappa shape index (κ2) is 6.02. The minimum atomic E-state index is -3.59. The third kappa shape index (κ3) is 2.82. The Bertz CT molecular complexity index is 828. The molecule has 0 bridgehead atoms. The smallest absolute Gasteiger partial charge is 0.323 e. The number of benzene rings is 2. The maximum atomic E-state index is 12.7. The zero-order valence-corrected chi connectivity index (χ0v) is 14.3. The Kier molecular flexibility index (Phi) is 3.84. The molecule has 0 aliphatic carbocycles. The normalized spacial score (nSPS) is 17.2. The van der Waals surface area contributed by atoms with Crippen LogP contribution in [0.25, 0.3) is 0 Å². The molecule has 2 aromatic carbocycles. The van der Waals surface area contributed by atoms with Crippen LogP contribution in [-0.4, -0.2) is 28.1 Å². The summed E-state index contributed by atoms with van der Waals surface area (Å²) in [5, 5.41) is 0. The second-order valence-corrected chi connectivity index (χ2v) is 7.89. The van der Waals surface area contributed by atoms with Gasteiger partial charge in [0.25, 0.3) is 0 Å². The monoisotopic (exact) mass is 343 g/mol. The molecule has 1 saturated heterocycles. The zero-order chi connectivity index (χ0) is 16.6. The van der Waals surface area contributed by atoms with E-state index in [1.165, 1.54) is 17.1 Å². The van der Waals surface area contributed by atoms with Gasteiger partial charge in [0.1, 0.15) is 0 Å². The number of para-hydroxylation sites is 1. The van der Waals surface area contributed by atoms with Crippen LogP contribution >= 0.6 is 0 Å². The number of nitrogens with one attached hydrogen (secondary N) is 1. The van der Waals surface area contributed by atoms with E-state index in [-0.39, 0.29) is 0 Å². The molecule has 0 atom stereocenters. The molecule has 6 heteroatoms. The first kappa shape index (κ1) is 15.3. The molecular weight excluding hydrogens is 322 g/mol. The van der Waals surface area contributed by atoms with E-state index in [0.717, 1.165) is 36.4 Å². The van der Waals surface area contributed by atoms with E-state index in [2.05, 4.69) is 9.62 Å². The molecule has 2 aliphatic heterocycles. The Morgan fingerprint density at radius 3 is 2.33 bits per heavy atom. The van der Waals surface area contributed by atoms with Crippen LogP contribution in [-0.2, 0) is 16.6 Å². The van der Waals surface area contributed by atoms with Crippen molar-refractivity contribution in [3.05, 3.63) is 54.1 Å². The SMILES string of the molecule is O=S(=O)(Nc1ccc(N2CCCC2)cc1)N1CCc2ccccc21. The average Bonchev–Trinajstić information content (AvgIpc) is 3.25. The average molecular weight is 343 g/mol. The minimum absolute atomic E-state index is 0.487. The Morgan fingerprint density at radius 2 is 1.58 bits per heavy atom. The summed E-state index contributed by atoms with van der Waals surface area (Å²) in [5.74, 6) is 0. The highest BCUT2D eigenvalue weighted by molar-refractivity contribution is 7.94. The maximum Gasteiger partial charge on any atom is 0.323 e. The quantitative estimate of drug-likeness (QED) is 0.928. The summed E-state index contributed by atoms with van der Waals surface area (Å²) in [4.78, 5) is 2.33. The molecule has 0 saturated carbocycles. The lowest BCUT2D eigenvalue weighted by atomic mass is 10.2. The summed E-state index contributed by atoms with van der Waals surface area (Å²) >= 11 is 0. The molecule has 0 spiro atoms. The van der Waals surface area contributed by atoms with Crippen LogP contribution in [0.2, 0.25) is 0 Å². The number of hydrogen-bond donors (Lipinski definition) is 1. The van der Waals surface area contributed by atoms with Gasteiger partial charge in [-0.15, -0.1) is 0 Å². The summed E-state index contributed by atoms with van der Waals surface area (Å²) in [6.07, 6.45) is 3.20. The van der Waals surface area contributed by atoms with Crippen LogP contribution in [0.5, 0.6) is 0 Å². The molecule has 2 heterocycles. The zero-order valence-electron chi connectivity index (χ0n) is 13.5. The molecule has 2 aliphatic rings. The summed E-state index contributed by atoms with van der Waals surface area (Å²) in [6.45, 7) is 2.64. The topological polar surface area (TPSA) is 52.7 Å². The fourth-order valence-electron chi connectivity index (χ4n) is 3.48. The molecule has 1 fully saturated rings. The van der Waals surface area contributed by atoms with Crippen molar-refractivity contribution in [3.8, 4) is 0 Å². The lowest BCUT2D eigenvalue weighted by Gasteiger charge is -2.21. The lowest BCUT2D eigenvalue weighted by molar-refractivity contribution is 0.597. The molecule has 126 valence electrons. The van der Waals surface area contributed by atoms with Crippen molar-refractivity contribution in [2.45, 2.75) is 19.3 Å². The summed E-state index contributed by atoms with van der Waals surface area (Å²) < 4.78 is 29.6. The van der Waals surface area contributed by atoms with Gasteiger partial charge in [-0.1, -0.05) is 18.2 Å². The Hall–Kier alpha value is -2.21. The van der Waals surface area contributed by atoms with Crippen molar-refractivity contribution in [2.24, 2.45) is 0 Å². The minimum Gasteiger partial charge on any atom is -0.372 e. The molecule has 1 N–H and O–H groups in total. The number of fused-ring (bicyclic) bond motifs is 1. The van der Waals surface area contributed by atoms with Gasteiger partial charge in [-0.2, -0.15) is 8.42 Å². The second-order valence-electron chi connectivity index (χ2n) is 6.30. The maximum absolute atomic E-state index is 12.7. The molecule has 2 aromatic rings. The fourth-order valence-corrected chi connectivity index (χ4v) is 4.79. The van der Waals surface area contributed by atoms with Crippen molar-refractivity contribution in [2.75, 3.05) is 33.6 Å². The number of hydrogen-bond acceptors (Lipinski definition) is 3. The van der Waals surface area contributed by atoms with Crippen LogP contribution in [0.1, 0.15) is 18.4 Å². The first-order chi connectivity index (χ1) is 11.6. The van der Waals surface area contributed by atoms with E-state index in [4.69, 9.17) is 0 Å². The van der Waals surface area contributed by atoms with E-state index in [1.54, 1.807) is 0 Å². The van der Waals surface area contributed by atoms with Gasteiger partial charge in [0.2, 0.25) is 0 Å². The number of anilines is 3. The van der Waals surface area contributed by atoms with Gasteiger partial charge in [0.05, 0.1) is 11.4 Å². The van der Waals surface area contributed by atoms with E-state index in [1.807, 2.05) is 48.5 Å². The molecule has 0 unspecified atom stereocenters. The molecular formula is C18H21N3O2S. The van der Waals surface area contributed by atoms with Crippen molar-refractivity contribution in [1.29, 1.82) is 0 Å². The van der Waals surface area contributed by atoms with Crippen molar-refractivity contribution in [3.63, 3.8) is 0 Å². The highest BCUT2D eigenvalue weighted by Gasteiger charge is 2.29. The standard InChI is InChI=1S/C18H21N3O2S/c22-24(23,21-14-11-15-5-1-2-6-18(15)21)19-16-7-9-17(10-8-16)20-12-3-4-13-20/h1-2,5-10,19H,3-4,11-14H2. The predicted octanol–water partition coefficient (Wildman–Crippen LogP) is 3.01. The molecule has 0 radical (unpaired) electrons. The van der Waals surface area contributed by atoms with Crippen molar-refractivity contribution in [1.82, 2.24) is 0 Å². The van der Waals surface area contributed by atoms with Crippen LogP contribution in [0.3, 0.4) is 0 Å². The Morgan fingerprint density at radius 1 is 0.875 bits per heavy atom. The predicted molar refractivity (Wildman–Crippen MR) is 97.9 cm³/mol. The van der Waals surface area contributed by atoms with E-state index >= 15 is 0 Å². The van der Waals surface area contributed by atoms with E-state index in [9.17, 15) is 8.42 Å². The Labute approximate surface area is 143 Å². The van der Waals surface area contributed by atoms with Crippen molar-refractivity contribution < 1.29 is 8.42 Å². The highest BCUT2D eigenvalue weighted by atomic mass is 32.2. The molecule has 24 heavy (non-hydrogen) atoms. The van der Waals surface area contributed by atoms with E-state index < -0.39 is 10.2 Å². The largest absolute Gasteiger partial charge is 0.372 e. The summed E-state index contributed by atoms with van der Waals surface area (Å²) in [6, 6.07) is 15.3.